The van der Waals surface area contributed by atoms with Crippen LogP contribution in [-0.4, -0.2) is 55.5 Å². The Balaban J connectivity index is 0.000000231. The Bertz CT molecular complexity index is 1290. The zero-order valence-corrected chi connectivity index (χ0v) is 28.7. The number of phenols is 2. The first kappa shape index (κ1) is 37.0. The standard InChI is InChI=1S/C26H46O2.C11H12N2O6/c1-17(2)6-5-7-24(28)23-11-10-21-20-9-8-18-16-19(27)12-14-25(18,3)22(20)13-15-26(21,23)4;12-11(19)9-6(14)2-1-5(10(9)18)13-7(15)3-4-8(16)17/h17-24,27-28H,5-16H2,1-4H3;1-2,14,18H,3-4H2,(H2,12,19)(H,13,15)(H,16,17). The first-order valence-electron chi connectivity index (χ1n) is 17.8. The van der Waals surface area contributed by atoms with E-state index in [9.17, 15) is 34.8 Å². The number of fused-ring (bicyclic) bond motifs is 5. The molecule has 9 atom stereocenters. The summed E-state index contributed by atoms with van der Waals surface area (Å²) >= 11 is 0. The highest BCUT2D eigenvalue weighted by atomic mass is 16.4. The number of carboxylic acids is 1. The molecule has 1 aromatic rings. The number of rotatable bonds is 10. The van der Waals surface area contributed by atoms with E-state index >= 15 is 0 Å². The van der Waals surface area contributed by atoms with Gasteiger partial charge in [-0.2, -0.15) is 0 Å². The number of aliphatic hydroxyl groups excluding tert-OH is 2. The van der Waals surface area contributed by atoms with Crippen LogP contribution in [0.15, 0.2) is 12.1 Å². The molecule has 0 saturated heterocycles. The number of benzene rings is 1. The number of aliphatic carboxylic acids is 1. The molecule has 0 aliphatic heterocycles. The molecule has 4 saturated carbocycles. The van der Waals surface area contributed by atoms with Crippen molar-refractivity contribution in [3.05, 3.63) is 17.7 Å². The van der Waals surface area contributed by atoms with Crippen molar-refractivity contribution in [2.45, 2.75) is 130 Å². The van der Waals surface area contributed by atoms with Gasteiger partial charge in [0.15, 0.2) is 5.75 Å². The Hall–Kier alpha value is -2.85. The van der Waals surface area contributed by atoms with E-state index in [1.54, 1.807) is 0 Å². The van der Waals surface area contributed by atoms with Crippen molar-refractivity contribution in [3.63, 3.8) is 0 Å². The number of hydrogen-bond acceptors (Lipinski definition) is 7. The summed E-state index contributed by atoms with van der Waals surface area (Å²) in [5.74, 6) is 0.574. The molecule has 10 nitrogen and oxygen atoms in total. The summed E-state index contributed by atoms with van der Waals surface area (Å²) in [5.41, 5.74) is 5.15. The number of hydrogen-bond donors (Lipinski definition) is 7. The normalized spacial score (nSPS) is 33.4. The van der Waals surface area contributed by atoms with E-state index in [4.69, 9.17) is 10.8 Å². The van der Waals surface area contributed by atoms with Crippen LogP contribution in [0.25, 0.3) is 0 Å². The Morgan fingerprint density at radius 2 is 1.62 bits per heavy atom. The number of carboxylic acid groups (broad SMARTS) is 1. The average molecular weight is 659 g/mol. The van der Waals surface area contributed by atoms with Gasteiger partial charge >= 0.3 is 5.97 Å². The van der Waals surface area contributed by atoms with Gasteiger partial charge in [0.1, 0.15) is 11.3 Å². The second-order valence-electron chi connectivity index (χ2n) is 15.9. The van der Waals surface area contributed by atoms with Gasteiger partial charge in [0, 0.05) is 6.42 Å². The van der Waals surface area contributed by atoms with Gasteiger partial charge in [0.2, 0.25) is 5.91 Å². The number of carbonyl (C=O) groups excluding carboxylic acids is 2. The van der Waals surface area contributed by atoms with Crippen LogP contribution in [0.5, 0.6) is 11.5 Å². The molecule has 10 heteroatoms. The number of anilines is 1. The number of aliphatic hydroxyl groups is 2. The molecule has 2 amide bonds. The number of aromatic hydroxyl groups is 2. The topological polar surface area (TPSA) is 190 Å². The van der Waals surface area contributed by atoms with E-state index in [1.165, 1.54) is 57.8 Å². The monoisotopic (exact) mass is 658 g/mol. The summed E-state index contributed by atoms with van der Waals surface area (Å²) in [6.07, 6.45) is 14.0. The summed E-state index contributed by atoms with van der Waals surface area (Å²) in [6, 6.07) is 2.24. The lowest BCUT2D eigenvalue weighted by atomic mass is 9.44. The molecule has 47 heavy (non-hydrogen) atoms. The van der Waals surface area contributed by atoms with E-state index in [0.717, 1.165) is 61.0 Å². The van der Waals surface area contributed by atoms with Gasteiger partial charge < -0.3 is 36.6 Å². The summed E-state index contributed by atoms with van der Waals surface area (Å²) < 4.78 is 0. The molecule has 0 spiro atoms. The minimum Gasteiger partial charge on any atom is -0.507 e. The van der Waals surface area contributed by atoms with Crippen LogP contribution in [0.1, 0.15) is 128 Å². The maximum Gasteiger partial charge on any atom is 0.303 e. The summed E-state index contributed by atoms with van der Waals surface area (Å²) in [4.78, 5) is 32.7. The van der Waals surface area contributed by atoms with Crippen LogP contribution in [0.4, 0.5) is 5.69 Å². The predicted octanol–water partition coefficient (Wildman–Crippen LogP) is 6.19. The summed E-state index contributed by atoms with van der Waals surface area (Å²) in [5, 5.41) is 51.0. The minimum absolute atomic E-state index is 0.0414. The molecule has 0 aromatic heterocycles. The van der Waals surface area contributed by atoms with E-state index < -0.39 is 34.8 Å². The van der Waals surface area contributed by atoms with Crippen molar-refractivity contribution in [2.75, 3.05) is 5.32 Å². The van der Waals surface area contributed by atoms with Gasteiger partial charge in [-0.25, -0.2) is 0 Å². The fraction of sp³-hybridized carbons (Fsp3) is 0.757. The average Bonchev–Trinajstić information content (AvgIpc) is 3.35. The second-order valence-corrected chi connectivity index (χ2v) is 15.9. The number of nitrogens with one attached hydrogen (secondary N) is 1. The third-order valence-corrected chi connectivity index (χ3v) is 12.7. The first-order chi connectivity index (χ1) is 22.1. The molecular formula is C37H58N2O8. The Kier molecular flexibility index (Phi) is 11.9. The zero-order chi connectivity index (χ0) is 34.7. The quantitative estimate of drug-likeness (QED) is 0.114. The Morgan fingerprint density at radius 3 is 2.28 bits per heavy atom. The maximum atomic E-state index is 11.4. The number of carbonyl (C=O) groups is 3. The number of amides is 2. The molecular weight excluding hydrogens is 600 g/mol. The van der Waals surface area contributed by atoms with Gasteiger partial charge in [-0.3, -0.25) is 14.4 Å². The van der Waals surface area contributed by atoms with Crippen LogP contribution in [0, 0.1) is 46.3 Å². The van der Waals surface area contributed by atoms with Crippen LogP contribution in [0.3, 0.4) is 0 Å². The third-order valence-electron chi connectivity index (χ3n) is 12.7. The molecule has 0 radical (unpaired) electrons. The van der Waals surface area contributed by atoms with Crippen molar-refractivity contribution < 1.29 is 39.9 Å². The number of primary amides is 1. The molecule has 0 heterocycles. The zero-order valence-electron chi connectivity index (χ0n) is 28.7. The SMILES string of the molecule is CC(C)CCCC(O)C1CCC2C3CCC4CC(O)CCC4(C)C3CCC12C.NC(=O)c1c(O)ccc(NC(=O)CCC(=O)O)c1O. The molecule has 0 bridgehead atoms. The molecule has 9 unspecified atom stereocenters. The van der Waals surface area contributed by atoms with E-state index in [1.807, 2.05) is 0 Å². The van der Waals surface area contributed by atoms with E-state index in [2.05, 4.69) is 33.0 Å². The van der Waals surface area contributed by atoms with Crippen molar-refractivity contribution in [3.8, 4) is 11.5 Å². The predicted molar refractivity (Wildman–Crippen MR) is 180 cm³/mol. The van der Waals surface area contributed by atoms with E-state index in [-0.39, 0.29) is 30.7 Å². The van der Waals surface area contributed by atoms with Crippen molar-refractivity contribution in [1.82, 2.24) is 0 Å². The molecule has 1 aromatic carbocycles. The van der Waals surface area contributed by atoms with Crippen LogP contribution in [0.2, 0.25) is 0 Å². The molecule has 4 fully saturated rings. The van der Waals surface area contributed by atoms with Crippen LogP contribution in [-0.2, 0) is 9.59 Å². The molecule has 4 aliphatic rings. The fourth-order valence-electron chi connectivity index (χ4n) is 10.2. The van der Waals surface area contributed by atoms with Crippen LogP contribution >= 0.6 is 0 Å². The van der Waals surface area contributed by atoms with Crippen molar-refractivity contribution in [1.29, 1.82) is 0 Å². The van der Waals surface area contributed by atoms with Gasteiger partial charge in [0.05, 0.1) is 24.3 Å². The highest BCUT2D eigenvalue weighted by Gasteiger charge is 2.60. The smallest absolute Gasteiger partial charge is 0.303 e. The van der Waals surface area contributed by atoms with Gasteiger partial charge in [-0.15, -0.1) is 0 Å². The Morgan fingerprint density at radius 1 is 0.936 bits per heavy atom. The van der Waals surface area contributed by atoms with E-state index in [0.29, 0.717) is 16.7 Å². The maximum absolute atomic E-state index is 11.4. The molecule has 5 rings (SSSR count). The van der Waals surface area contributed by atoms with Gasteiger partial charge in [-0.1, -0.05) is 40.5 Å². The first-order valence-corrected chi connectivity index (χ1v) is 17.8. The molecule has 4 aliphatic carbocycles. The van der Waals surface area contributed by atoms with Crippen molar-refractivity contribution in [2.24, 2.45) is 52.1 Å². The highest BCUT2D eigenvalue weighted by molar-refractivity contribution is 6.02. The second kappa shape index (κ2) is 15.1. The lowest BCUT2D eigenvalue weighted by Crippen LogP contribution is -2.54. The Labute approximate surface area is 279 Å². The molecule has 264 valence electrons. The third kappa shape index (κ3) is 8.07. The van der Waals surface area contributed by atoms with Crippen molar-refractivity contribution >= 4 is 23.5 Å². The lowest BCUT2D eigenvalue weighted by Gasteiger charge is -2.61. The lowest BCUT2D eigenvalue weighted by molar-refractivity contribution is -0.138. The largest absolute Gasteiger partial charge is 0.507 e. The van der Waals surface area contributed by atoms with Gasteiger partial charge in [0.25, 0.3) is 5.91 Å². The summed E-state index contributed by atoms with van der Waals surface area (Å²) in [7, 11) is 0. The highest BCUT2D eigenvalue weighted by Crippen LogP contribution is 2.68. The summed E-state index contributed by atoms with van der Waals surface area (Å²) in [6.45, 7) is 9.72. The van der Waals surface area contributed by atoms with Gasteiger partial charge in [-0.05, 0) is 123 Å². The fourth-order valence-corrected chi connectivity index (χ4v) is 10.2. The molecule has 8 N–H and O–H groups in total. The minimum atomic E-state index is -1.14. The number of nitrogens with two attached hydrogens (primary N) is 1. The van der Waals surface area contributed by atoms with Crippen LogP contribution < -0.4 is 11.1 Å².